The molecule has 0 bridgehead atoms. The van der Waals surface area contributed by atoms with Crippen molar-refractivity contribution >= 4 is 24.2 Å². The smallest absolute Gasteiger partial charge is 0.277 e. The highest BCUT2D eigenvalue weighted by Gasteiger charge is 2.28. The van der Waals surface area contributed by atoms with Gasteiger partial charge >= 0.3 is 0 Å². The van der Waals surface area contributed by atoms with Gasteiger partial charge in [0.2, 0.25) is 5.91 Å². The van der Waals surface area contributed by atoms with Gasteiger partial charge in [-0.1, -0.05) is 48.0 Å². The molecule has 0 aliphatic carbocycles. The zero-order valence-electron chi connectivity index (χ0n) is 15.5. The SMILES string of the molecule is Cc1ccc(C(=O)NC(CC(=O)NCC(F)(F)CN)c2ccccc2)cc1.Cl. The lowest BCUT2D eigenvalue weighted by atomic mass is 10.0. The van der Waals surface area contributed by atoms with Gasteiger partial charge in [-0.2, -0.15) is 0 Å². The Kier molecular flexibility index (Phi) is 9.02. The van der Waals surface area contributed by atoms with Crippen LogP contribution >= 0.6 is 12.4 Å². The summed E-state index contributed by atoms with van der Waals surface area (Å²) in [5, 5.41) is 4.97. The molecule has 8 heteroatoms. The molecule has 0 fully saturated rings. The molecule has 0 saturated heterocycles. The summed E-state index contributed by atoms with van der Waals surface area (Å²) >= 11 is 0. The van der Waals surface area contributed by atoms with Crippen molar-refractivity contribution in [3.63, 3.8) is 0 Å². The fourth-order valence-corrected chi connectivity index (χ4v) is 2.44. The maximum Gasteiger partial charge on any atom is 0.277 e. The van der Waals surface area contributed by atoms with Crippen molar-refractivity contribution in [3.8, 4) is 0 Å². The first-order valence-corrected chi connectivity index (χ1v) is 8.58. The number of hydrogen-bond acceptors (Lipinski definition) is 3. The molecule has 0 aliphatic rings. The molecule has 2 aromatic carbocycles. The van der Waals surface area contributed by atoms with Crippen molar-refractivity contribution in [1.82, 2.24) is 10.6 Å². The number of rotatable bonds is 8. The van der Waals surface area contributed by atoms with Gasteiger partial charge in [0, 0.05) is 5.56 Å². The standard InChI is InChI=1S/C20H23F2N3O2.ClH/c1-14-7-9-16(10-8-14)19(27)25-17(15-5-3-2-4-6-15)11-18(26)24-13-20(21,22)12-23;/h2-10,17H,11-13,23H2,1H3,(H,24,26)(H,25,27);1H. The Labute approximate surface area is 169 Å². The van der Waals surface area contributed by atoms with Gasteiger partial charge in [-0.3, -0.25) is 9.59 Å². The molecule has 4 N–H and O–H groups in total. The van der Waals surface area contributed by atoms with Gasteiger partial charge in [0.1, 0.15) is 0 Å². The number of aryl methyl sites for hydroxylation is 1. The molecule has 0 heterocycles. The largest absolute Gasteiger partial charge is 0.350 e. The Morgan fingerprint density at radius 1 is 1.07 bits per heavy atom. The predicted octanol–water partition coefficient (Wildman–Crippen LogP) is 2.99. The van der Waals surface area contributed by atoms with Crippen molar-refractivity contribution in [2.24, 2.45) is 5.73 Å². The van der Waals surface area contributed by atoms with E-state index in [-0.39, 0.29) is 24.7 Å². The van der Waals surface area contributed by atoms with Crippen LogP contribution in [-0.2, 0) is 4.79 Å². The molecule has 0 aromatic heterocycles. The first kappa shape index (κ1) is 23.5. The molecular weight excluding hydrogens is 388 g/mol. The minimum atomic E-state index is -3.16. The summed E-state index contributed by atoms with van der Waals surface area (Å²) in [5.74, 6) is -4.10. The minimum Gasteiger partial charge on any atom is -0.350 e. The molecule has 0 aliphatic heterocycles. The second-order valence-electron chi connectivity index (χ2n) is 6.34. The maximum atomic E-state index is 13.2. The lowest BCUT2D eigenvalue weighted by molar-refractivity contribution is -0.123. The molecular formula is C20H24ClF2N3O2. The number of halogens is 3. The fraction of sp³-hybridized carbons (Fsp3) is 0.300. The second kappa shape index (κ2) is 10.7. The number of nitrogens with one attached hydrogen (secondary N) is 2. The van der Waals surface area contributed by atoms with Crippen molar-refractivity contribution in [3.05, 3.63) is 71.3 Å². The van der Waals surface area contributed by atoms with Crippen LogP contribution < -0.4 is 16.4 Å². The molecule has 1 unspecified atom stereocenters. The Bertz CT molecular complexity index is 771. The summed E-state index contributed by atoms with van der Waals surface area (Å²) in [7, 11) is 0. The van der Waals surface area contributed by atoms with Gasteiger partial charge < -0.3 is 16.4 Å². The Hall–Kier alpha value is -2.51. The molecule has 28 heavy (non-hydrogen) atoms. The molecule has 2 rings (SSSR count). The number of amides is 2. The first-order chi connectivity index (χ1) is 12.8. The van der Waals surface area contributed by atoms with Crippen LogP contribution in [-0.4, -0.2) is 30.8 Å². The average molecular weight is 412 g/mol. The first-order valence-electron chi connectivity index (χ1n) is 8.58. The van der Waals surface area contributed by atoms with E-state index in [1.807, 2.05) is 25.1 Å². The minimum absolute atomic E-state index is 0. The lowest BCUT2D eigenvalue weighted by Gasteiger charge is -2.20. The topological polar surface area (TPSA) is 84.2 Å². The normalized spacial score (nSPS) is 11.9. The van der Waals surface area contributed by atoms with Crippen LogP contribution in [0.25, 0.3) is 0 Å². The number of carbonyl (C=O) groups excluding carboxylic acids is 2. The van der Waals surface area contributed by atoms with Crippen LogP contribution in [0.3, 0.4) is 0 Å². The van der Waals surface area contributed by atoms with E-state index in [0.29, 0.717) is 11.1 Å². The number of nitrogens with two attached hydrogens (primary N) is 1. The highest BCUT2D eigenvalue weighted by atomic mass is 35.5. The van der Waals surface area contributed by atoms with E-state index in [0.717, 1.165) is 5.56 Å². The molecule has 1 atom stereocenters. The van der Waals surface area contributed by atoms with E-state index in [2.05, 4.69) is 10.6 Å². The Balaban J connectivity index is 0.00000392. The Morgan fingerprint density at radius 3 is 2.25 bits per heavy atom. The highest BCUT2D eigenvalue weighted by molar-refractivity contribution is 5.94. The van der Waals surface area contributed by atoms with E-state index >= 15 is 0 Å². The van der Waals surface area contributed by atoms with E-state index in [4.69, 9.17) is 5.73 Å². The second-order valence-corrected chi connectivity index (χ2v) is 6.34. The van der Waals surface area contributed by atoms with Crippen molar-refractivity contribution in [2.75, 3.05) is 13.1 Å². The highest BCUT2D eigenvalue weighted by Crippen LogP contribution is 2.18. The monoisotopic (exact) mass is 411 g/mol. The van der Waals surface area contributed by atoms with Crippen LogP contribution in [0.4, 0.5) is 8.78 Å². The van der Waals surface area contributed by atoms with E-state index in [1.54, 1.807) is 36.4 Å². The van der Waals surface area contributed by atoms with Crippen LogP contribution in [0, 0.1) is 6.92 Å². The van der Waals surface area contributed by atoms with Crippen LogP contribution in [0.5, 0.6) is 0 Å². The zero-order chi connectivity index (χ0) is 19.9. The van der Waals surface area contributed by atoms with Crippen LogP contribution in [0.1, 0.15) is 33.9 Å². The number of carbonyl (C=O) groups is 2. The molecule has 0 radical (unpaired) electrons. The third-order valence-electron chi connectivity index (χ3n) is 4.05. The molecule has 2 aromatic rings. The van der Waals surface area contributed by atoms with Crippen LogP contribution in [0.2, 0.25) is 0 Å². The van der Waals surface area contributed by atoms with E-state index in [1.165, 1.54) is 0 Å². The van der Waals surface area contributed by atoms with Crippen molar-refractivity contribution in [1.29, 1.82) is 0 Å². The van der Waals surface area contributed by atoms with Gasteiger partial charge in [-0.15, -0.1) is 12.4 Å². The summed E-state index contributed by atoms with van der Waals surface area (Å²) < 4.78 is 26.5. The van der Waals surface area contributed by atoms with E-state index < -0.39 is 31.0 Å². The average Bonchev–Trinajstić information content (AvgIpc) is 2.67. The van der Waals surface area contributed by atoms with Crippen LogP contribution in [0.15, 0.2) is 54.6 Å². The third-order valence-corrected chi connectivity index (χ3v) is 4.05. The number of benzene rings is 2. The van der Waals surface area contributed by atoms with Crippen molar-refractivity contribution < 1.29 is 18.4 Å². The molecule has 0 spiro atoms. The van der Waals surface area contributed by atoms with Crippen molar-refractivity contribution in [2.45, 2.75) is 25.3 Å². The summed E-state index contributed by atoms with van der Waals surface area (Å²) in [4.78, 5) is 24.6. The number of hydrogen-bond donors (Lipinski definition) is 3. The lowest BCUT2D eigenvalue weighted by Crippen LogP contribution is -2.42. The molecule has 0 saturated carbocycles. The summed E-state index contributed by atoms with van der Waals surface area (Å²) in [6.07, 6.45) is -0.164. The predicted molar refractivity (Wildman–Crippen MR) is 107 cm³/mol. The van der Waals surface area contributed by atoms with Gasteiger partial charge in [0.05, 0.1) is 25.6 Å². The summed E-state index contributed by atoms with van der Waals surface area (Å²) in [5.41, 5.74) is 7.15. The zero-order valence-corrected chi connectivity index (χ0v) is 16.3. The summed E-state index contributed by atoms with van der Waals surface area (Å²) in [6, 6.07) is 15.3. The quantitative estimate of drug-likeness (QED) is 0.624. The fourth-order valence-electron chi connectivity index (χ4n) is 2.44. The molecule has 2 amide bonds. The Morgan fingerprint density at radius 2 is 1.68 bits per heavy atom. The molecule has 5 nitrogen and oxygen atoms in total. The van der Waals surface area contributed by atoms with Gasteiger partial charge in [-0.25, -0.2) is 8.78 Å². The molecule has 152 valence electrons. The van der Waals surface area contributed by atoms with Gasteiger partial charge in [0.15, 0.2) is 0 Å². The van der Waals surface area contributed by atoms with E-state index in [9.17, 15) is 18.4 Å². The number of alkyl halides is 2. The summed E-state index contributed by atoms with van der Waals surface area (Å²) in [6.45, 7) is 0.227. The van der Waals surface area contributed by atoms with Gasteiger partial charge in [0.25, 0.3) is 11.8 Å². The maximum absolute atomic E-state index is 13.2. The third kappa shape index (κ3) is 7.25. The van der Waals surface area contributed by atoms with Gasteiger partial charge in [-0.05, 0) is 24.6 Å².